The molecule has 6 heteroatoms. The second-order valence-corrected chi connectivity index (χ2v) is 3.41. The van der Waals surface area contributed by atoms with E-state index in [9.17, 15) is 13.6 Å². The minimum absolute atomic E-state index is 0.0576. The first-order valence-corrected chi connectivity index (χ1v) is 5.21. The molecule has 1 aromatic heterocycles. The molecule has 0 radical (unpaired) electrons. The van der Waals surface area contributed by atoms with E-state index in [1.54, 1.807) is 0 Å². The van der Waals surface area contributed by atoms with Gasteiger partial charge in [0.2, 0.25) is 0 Å². The largest absolute Gasteiger partial charge is 0.481 e. The zero-order chi connectivity index (χ0) is 11.4. The third-order valence-corrected chi connectivity index (χ3v) is 2.33. The van der Waals surface area contributed by atoms with Crippen molar-refractivity contribution in [3.8, 4) is 0 Å². The number of nitrogens with zero attached hydrogens (tertiary/aromatic N) is 1. The lowest BCUT2D eigenvalue weighted by Crippen LogP contribution is -2.07. The average Bonchev–Trinajstić information content (AvgIpc) is 2.17. The summed E-state index contributed by atoms with van der Waals surface area (Å²) >= 11 is 3.09. The number of alkyl halides is 3. The maximum Gasteiger partial charge on any atom is 0.307 e. The highest BCUT2D eigenvalue weighted by Gasteiger charge is 2.17. The molecule has 0 atom stereocenters. The van der Waals surface area contributed by atoms with Crippen molar-refractivity contribution in [1.29, 1.82) is 0 Å². The number of pyridine rings is 1. The molecule has 82 valence electrons. The molecule has 1 heterocycles. The van der Waals surface area contributed by atoms with Gasteiger partial charge in [0.1, 0.15) is 5.69 Å². The van der Waals surface area contributed by atoms with Gasteiger partial charge in [-0.25, -0.2) is 8.78 Å². The highest BCUT2D eigenvalue weighted by Crippen LogP contribution is 2.22. The van der Waals surface area contributed by atoms with Crippen molar-refractivity contribution in [2.24, 2.45) is 0 Å². The second kappa shape index (κ2) is 5.16. The predicted molar refractivity (Wildman–Crippen MR) is 53.2 cm³/mol. The van der Waals surface area contributed by atoms with Crippen molar-refractivity contribution < 1.29 is 18.7 Å². The Morgan fingerprint density at radius 1 is 1.53 bits per heavy atom. The van der Waals surface area contributed by atoms with Crippen LogP contribution in [0.25, 0.3) is 0 Å². The quantitative estimate of drug-likeness (QED) is 0.862. The van der Waals surface area contributed by atoms with Crippen molar-refractivity contribution in [3.05, 3.63) is 29.1 Å². The Balaban J connectivity index is 3.09. The standard InChI is InChI=1S/C9H8BrF2NO2/c10-4-6-2-1-5(3-7(14)15)8(13-6)9(11)12/h1-2,9H,3-4H2,(H,14,15). The summed E-state index contributed by atoms with van der Waals surface area (Å²) in [5, 5.41) is 8.88. The third kappa shape index (κ3) is 3.23. The fourth-order valence-corrected chi connectivity index (χ4v) is 1.43. The van der Waals surface area contributed by atoms with Crippen molar-refractivity contribution in [1.82, 2.24) is 4.98 Å². The number of carboxylic acids is 1. The van der Waals surface area contributed by atoms with E-state index in [2.05, 4.69) is 20.9 Å². The Morgan fingerprint density at radius 3 is 2.67 bits per heavy atom. The van der Waals surface area contributed by atoms with Crippen LogP contribution in [-0.2, 0) is 16.5 Å². The second-order valence-electron chi connectivity index (χ2n) is 2.85. The summed E-state index contributed by atoms with van der Waals surface area (Å²) in [6.07, 6.45) is -3.19. The molecule has 0 bridgehead atoms. The Labute approximate surface area is 93.3 Å². The maximum absolute atomic E-state index is 12.5. The smallest absolute Gasteiger partial charge is 0.307 e. The van der Waals surface area contributed by atoms with E-state index in [1.165, 1.54) is 12.1 Å². The molecular weight excluding hydrogens is 272 g/mol. The number of halogens is 3. The number of carboxylic acid groups (broad SMARTS) is 1. The molecule has 15 heavy (non-hydrogen) atoms. The molecule has 1 aromatic rings. The van der Waals surface area contributed by atoms with Crippen LogP contribution in [-0.4, -0.2) is 16.1 Å². The molecule has 0 aliphatic rings. The number of aromatic nitrogens is 1. The average molecular weight is 280 g/mol. The van der Waals surface area contributed by atoms with Gasteiger partial charge in [-0.1, -0.05) is 22.0 Å². The zero-order valence-corrected chi connectivity index (χ0v) is 9.17. The molecule has 0 spiro atoms. The number of aliphatic carboxylic acids is 1. The van der Waals surface area contributed by atoms with Gasteiger partial charge in [-0.3, -0.25) is 9.78 Å². The van der Waals surface area contributed by atoms with Crippen molar-refractivity contribution in [3.63, 3.8) is 0 Å². The Morgan fingerprint density at radius 2 is 2.20 bits per heavy atom. The van der Waals surface area contributed by atoms with Crippen molar-refractivity contribution in [2.75, 3.05) is 0 Å². The van der Waals surface area contributed by atoms with Crippen molar-refractivity contribution in [2.45, 2.75) is 18.2 Å². The van der Waals surface area contributed by atoms with Crippen LogP contribution in [0.5, 0.6) is 0 Å². The summed E-state index contributed by atoms with van der Waals surface area (Å²) in [5.74, 6) is -1.15. The van der Waals surface area contributed by atoms with Crippen LogP contribution >= 0.6 is 15.9 Å². The lowest BCUT2D eigenvalue weighted by molar-refractivity contribution is -0.136. The summed E-state index contributed by atoms with van der Waals surface area (Å²) in [6, 6.07) is 2.90. The third-order valence-electron chi connectivity index (χ3n) is 1.76. The molecule has 0 aliphatic heterocycles. The minimum atomic E-state index is -2.75. The van der Waals surface area contributed by atoms with Gasteiger partial charge in [0.25, 0.3) is 6.43 Å². The zero-order valence-electron chi connectivity index (χ0n) is 7.58. The topological polar surface area (TPSA) is 50.2 Å². The Kier molecular flexibility index (Phi) is 4.14. The molecule has 0 aliphatic carbocycles. The first-order chi connectivity index (χ1) is 7.04. The highest BCUT2D eigenvalue weighted by molar-refractivity contribution is 9.08. The van der Waals surface area contributed by atoms with Crippen LogP contribution in [0, 0.1) is 0 Å². The summed E-state index contributed by atoms with van der Waals surface area (Å²) < 4.78 is 25.0. The van der Waals surface area contributed by atoms with E-state index >= 15 is 0 Å². The van der Waals surface area contributed by atoms with Gasteiger partial charge in [-0.05, 0) is 11.6 Å². The van der Waals surface area contributed by atoms with Gasteiger partial charge < -0.3 is 5.11 Å². The summed E-state index contributed by atoms with van der Waals surface area (Å²) in [5.41, 5.74) is 0.0657. The van der Waals surface area contributed by atoms with Gasteiger partial charge >= 0.3 is 5.97 Å². The maximum atomic E-state index is 12.5. The molecule has 3 nitrogen and oxygen atoms in total. The van der Waals surface area contributed by atoms with Crippen LogP contribution in [0.4, 0.5) is 8.78 Å². The Hall–Kier alpha value is -1.04. The van der Waals surface area contributed by atoms with E-state index in [1.807, 2.05) is 0 Å². The SMILES string of the molecule is O=C(O)Cc1ccc(CBr)nc1C(F)F. The predicted octanol–water partition coefficient (Wildman–Crippen LogP) is 2.54. The van der Waals surface area contributed by atoms with Gasteiger partial charge in [-0.15, -0.1) is 0 Å². The molecule has 1 rings (SSSR count). The fraction of sp³-hybridized carbons (Fsp3) is 0.333. The lowest BCUT2D eigenvalue weighted by Gasteiger charge is -2.07. The lowest BCUT2D eigenvalue weighted by atomic mass is 10.1. The number of carbonyl (C=O) groups is 1. The van der Waals surface area contributed by atoms with Crippen LogP contribution in [0.1, 0.15) is 23.4 Å². The van der Waals surface area contributed by atoms with Crippen LogP contribution < -0.4 is 0 Å². The van der Waals surface area contributed by atoms with Gasteiger partial charge in [-0.2, -0.15) is 0 Å². The van der Waals surface area contributed by atoms with Gasteiger partial charge in [0.05, 0.1) is 12.1 Å². The molecular formula is C9H8BrF2NO2. The number of rotatable bonds is 4. The molecule has 0 aromatic carbocycles. The fourth-order valence-electron chi connectivity index (χ4n) is 1.12. The molecule has 0 saturated carbocycles. The molecule has 0 unspecified atom stereocenters. The summed E-state index contributed by atoms with van der Waals surface area (Å²) in [4.78, 5) is 14.1. The van der Waals surface area contributed by atoms with E-state index in [-0.39, 0.29) is 5.56 Å². The first kappa shape index (κ1) is 12.0. The minimum Gasteiger partial charge on any atom is -0.481 e. The monoisotopic (exact) mass is 279 g/mol. The van der Waals surface area contributed by atoms with Gasteiger partial charge in [0.15, 0.2) is 0 Å². The molecule has 0 saturated heterocycles. The Bertz CT molecular complexity index is 371. The first-order valence-electron chi connectivity index (χ1n) is 4.09. The highest BCUT2D eigenvalue weighted by atomic mass is 79.9. The van der Waals surface area contributed by atoms with Crippen molar-refractivity contribution >= 4 is 21.9 Å². The molecule has 0 fully saturated rings. The van der Waals surface area contributed by atoms with Gasteiger partial charge in [0, 0.05) is 5.33 Å². The van der Waals surface area contributed by atoms with Crippen LogP contribution in [0.15, 0.2) is 12.1 Å². The normalized spacial score (nSPS) is 10.7. The number of hydrogen-bond donors (Lipinski definition) is 1. The molecule has 0 amide bonds. The van der Waals surface area contributed by atoms with E-state index in [0.717, 1.165) is 0 Å². The summed E-state index contributed by atoms with van der Waals surface area (Å²) in [7, 11) is 0. The van der Waals surface area contributed by atoms with E-state index in [4.69, 9.17) is 5.11 Å². The van der Waals surface area contributed by atoms with Crippen LogP contribution in [0.3, 0.4) is 0 Å². The molecule has 1 N–H and O–H groups in total. The number of hydrogen-bond acceptors (Lipinski definition) is 2. The van der Waals surface area contributed by atoms with E-state index < -0.39 is 24.5 Å². The van der Waals surface area contributed by atoms with Crippen LogP contribution in [0.2, 0.25) is 0 Å². The summed E-state index contributed by atoms with van der Waals surface area (Å²) in [6.45, 7) is 0. The van der Waals surface area contributed by atoms with E-state index in [0.29, 0.717) is 11.0 Å².